The Hall–Kier alpha value is -1.38. The summed E-state index contributed by atoms with van der Waals surface area (Å²) in [5.41, 5.74) is 1.76. The van der Waals surface area contributed by atoms with Crippen molar-refractivity contribution < 1.29 is 9.59 Å². The summed E-state index contributed by atoms with van der Waals surface area (Å²) in [4.78, 5) is 21.7. The lowest BCUT2D eigenvalue weighted by Gasteiger charge is -2.04. The van der Waals surface area contributed by atoms with E-state index in [4.69, 9.17) is 0 Å². The number of hydrogen-bond donors (Lipinski definition) is 1. The molecular formula is C8H7NO2. The summed E-state index contributed by atoms with van der Waals surface area (Å²) in [6, 6.07) is 0. The lowest BCUT2D eigenvalue weighted by Crippen LogP contribution is -2.17. The summed E-state index contributed by atoms with van der Waals surface area (Å²) in [5.74, 6) is 0.0558. The fourth-order valence-electron chi connectivity index (χ4n) is 1.32. The largest absolute Gasteiger partial charge is 0.329 e. The lowest BCUT2D eigenvalue weighted by molar-refractivity contribution is -0.118. The highest BCUT2D eigenvalue weighted by Crippen LogP contribution is 2.22. The van der Waals surface area contributed by atoms with Crippen LogP contribution in [0.25, 0.3) is 0 Å². The van der Waals surface area contributed by atoms with E-state index < -0.39 is 0 Å². The van der Waals surface area contributed by atoms with Gasteiger partial charge in [-0.3, -0.25) is 9.59 Å². The molecule has 1 heterocycles. The Morgan fingerprint density at radius 2 is 2.00 bits per heavy atom. The van der Waals surface area contributed by atoms with Crippen molar-refractivity contribution in [2.24, 2.45) is 0 Å². The predicted molar refractivity (Wildman–Crippen MR) is 38.5 cm³/mol. The Kier molecular flexibility index (Phi) is 1.18. The molecule has 0 aromatic rings. The van der Waals surface area contributed by atoms with Crippen LogP contribution in [-0.2, 0) is 9.59 Å². The molecule has 0 radical (unpaired) electrons. The highest BCUT2D eigenvalue weighted by Gasteiger charge is 2.22. The van der Waals surface area contributed by atoms with Gasteiger partial charge in [0.15, 0.2) is 5.78 Å². The van der Waals surface area contributed by atoms with Crippen LogP contribution in [0.3, 0.4) is 0 Å². The molecule has 11 heavy (non-hydrogen) atoms. The molecule has 1 amide bonds. The highest BCUT2D eigenvalue weighted by molar-refractivity contribution is 5.97. The number of rotatable bonds is 0. The second-order valence-corrected chi connectivity index (χ2v) is 2.71. The van der Waals surface area contributed by atoms with Crippen molar-refractivity contribution in [3.63, 3.8) is 0 Å². The third-order valence-corrected chi connectivity index (χ3v) is 1.85. The van der Waals surface area contributed by atoms with E-state index in [0.29, 0.717) is 12.8 Å². The predicted octanol–water partition coefficient (Wildman–Crippen LogP) is 0.289. The second kappa shape index (κ2) is 2.05. The number of ketones is 1. The zero-order chi connectivity index (χ0) is 7.84. The van der Waals surface area contributed by atoms with Crippen LogP contribution in [0, 0.1) is 0 Å². The second-order valence-electron chi connectivity index (χ2n) is 2.71. The van der Waals surface area contributed by atoms with Gasteiger partial charge in [-0.15, -0.1) is 0 Å². The fourth-order valence-corrected chi connectivity index (χ4v) is 1.32. The van der Waals surface area contributed by atoms with Crippen molar-refractivity contribution in [3.8, 4) is 0 Å². The first-order valence-corrected chi connectivity index (χ1v) is 3.48. The lowest BCUT2D eigenvalue weighted by atomic mass is 10.0. The smallest absolute Gasteiger partial charge is 0.228 e. The molecule has 0 aromatic heterocycles. The average Bonchev–Trinajstić information content (AvgIpc) is 2.27. The van der Waals surface area contributed by atoms with Gasteiger partial charge in [-0.2, -0.15) is 0 Å². The van der Waals surface area contributed by atoms with Gasteiger partial charge in [0, 0.05) is 5.70 Å². The Morgan fingerprint density at radius 1 is 1.18 bits per heavy atom. The van der Waals surface area contributed by atoms with Crippen molar-refractivity contribution in [2.45, 2.75) is 12.8 Å². The number of carbonyl (C=O) groups excluding carboxylic acids is 2. The standard InChI is InChI=1S/C8H7NO2/c10-6-2-1-5-3-8(11)9-7(5)4-6/h1-2H,3-4H2,(H,9,11). The van der Waals surface area contributed by atoms with Gasteiger partial charge in [0.05, 0.1) is 12.8 Å². The zero-order valence-corrected chi connectivity index (χ0v) is 5.89. The Morgan fingerprint density at radius 3 is 2.82 bits per heavy atom. The first-order valence-electron chi connectivity index (χ1n) is 3.48. The molecule has 1 aliphatic heterocycles. The van der Waals surface area contributed by atoms with Crippen LogP contribution in [0.4, 0.5) is 0 Å². The monoisotopic (exact) mass is 149 g/mol. The van der Waals surface area contributed by atoms with E-state index >= 15 is 0 Å². The van der Waals surface area contributed by atoms with Crippen LogP contribution in [0.15, 0.2) is 23.4 Å². The molecule has 0 fully saturated rings. The van der Waals surface area contributed by atoms with Crippen LogP contribution >= 0.6 is 0 Å². The normalized spacial score (nSPS) is 22.2. The van der Waals surface area contributed by atoms with Gasteiger partial charge in [0.25, 0.3) is 0 Å². The van der Waals surface area contributed by atoms with Crippen LogP contribution in [0.2, 0.25) is 0 Å². The molecule has 56 valence electrons. The molecule has 0 unspecified atom stereocenters. The van der Waals surface area contributed by atoms with Gasteiger partial charge in [-0.25, -0.2) is 0 Å². The molecule has 1 aliphatic carbocycles. The summed E-state index contributed by atoms with van der Waals surface area (Å²) in [6.07, 6.45) is 4.04. The van der Waals surface area contributed by atoms with Gasteiger partial charge in [-0.1, -0.05) is 6.08 Å². The molecule has 2 aliphatic rings. The third-order valence-electron chi connectivity index (χ3n) is 1.85. The molecule has 0 spiro atoms. The zero-order valence-electron chi connectivity index (χ0n) is 5.89. The maximum Gasteiger partial charge on any atom is 0.228 e. The van der Waals surface area contributed by atoms with Gasteiger partial charge < -0.3 is 5.32 Å². The third kappa shape index (κ3) is 0.981. The number of carbonyl (C=O) groups is 2. The molecule has 0 bridgehead atoms. The molecule has 3 nitrogen and oxygen atoms in total. The van der Waals surface area contributed by atoms with Crippen LogP contribution in [0.5, 0.6) is 0 Å². The molecule has 0 atom stereocenters. The van der Waals surface area contributed by atoms with E-state index in [0.717, 1.165) is 11.3 Å². The van der Waals surface area contributed by atoms with E-state index in [9.17, 15) is 9.59 Å². The van der Waals surface area contributed by atoms with E-state index in [2.05, 4.69) is 5.32 Å². The summed E-state index contributed by atoms with van der Waals surface area (Å²) in [7, 11) is 0. The van der Waals surface area contributed by atoms with Crippen molar-refractivity contribution in [1.29, 1.82) is 0 Å². The van der Waals surface area contributed by atoms with Crippen molar-refractivity contribution in [3.05, 3.63) is 23.4 Å². The van der Waals surface area contributed by atoms with Crippen LogP contribution in [-0.4, -0.2) is 11.7 Å². The summed E-state index contributed by atoms with van der Waals surface area (Å²) in [5, 5.41) is 2.65. The van der Waals surface area contributed by atoms with Gasteiger partial charge in [0.1, 0.15) is 0 Å². The van der Waals surface area contributed by atoms with E-state index in [1.54, 1.807) is 6.08 Å². The first kappa shape index (κ1) is 6.34. The average molecular weight is 149 g/mol. The number of allylic oxidation sites excluding steroid dienone is 3. The van der Waals surface area contributed by atoms with Crippen molar-refractivity contribution in [1.82, 2.24) is 5.32 Å². The minimum Gasteiger partial charge on any atom is -0.329 e. The molecule has 0 saturated carbocycles. The topological polar surface area (TPSA) is 46.2 Å². The molecule has 0 aromatic carbocycles. The minimum atomic E-state index is -0.00523. The maximum atomic E-state index is 10.8. The van der Waals surface area contributed by atoms with Crippen LogP contribution < -0.4 is 5.32 Å². The SMILES string of the molecule is O=C1C=CC2=C(C1)NC(=O)C2. The summed E-state index contributed by atoms with van der Waals surface area (Å²) >= 11 is 0. The van der Waals surface area contributed by atoms with Crippen molar-refractivity contribution >= 4 is 11.7 Å². The van der Waals surface area contributed by atoms with Gasteiger partial charge in [0.2, 0.25) is 5.91 Å². The minimum absolute atomic E-state index is 0.00523. The van der Waals surface area contributed by atoms with Crippen molar-refractivity contribution in [2.75, 3.05) is 0 Å². The fraction of sp³-hybridized carbons (Fsp3) is 0.250. The highest BCUT2D eigenvalue weighted by atomic mass is 16.2. The summed E-state index contributed by atoms with van der Waals surface area (Å²) in [6.45, 7) is 0. The number of amides is 1. The Balaban J connectivity index is 2.31. The molecular weight excluding hydrogens is 142 g/mol. The maximum absolute atomic E-state index is 10.8. The number of nitrogens with one attached hydrogen (secondary N) is 1. The van der Waals surface area contributed by atoms with Crippen LogP contribution in [0.1, 0.15) is 12.8 Å². The van der Waals surface area contributed by atoms with Gasteiger partial charge >= 0.3 is 0 Å². The van der Waals surface area contributed by atoms with E-state index in [1.807, 2.05) is 0 Å². The molecule has 2 rings (SSSR count). The molecule has 3 heteroatoms. The van der Waals surface area contributed by atoms with Gasteiger partial charge in [-0.05, 0) is 11.6 Å². The Bertz CT molecular complexity index is 299. The molecule has 0 saturated heterocycles. The quantitative estimate of drug-likeness (QED) is 0.538. The number of hydrogen-bond acceptors (Lipinski definition) is 2. The Labute approximate surface area is 63.8 Å². The molecule has 1 N–H and O–H groups in total. The first-order chi connectivity index (χ1) is 5.25. The van der Waals surface area contributed by atoms with E-state index in [1.165, 1.54) is 6.08 Å². The summed E-state index contributed by atoms with van der Waals surface area (Å²) < 4.78 is 0. The van der Waals surface area contributed by atoms with E-state index in [-0.39, 0.29) is 11.7 Å².